The Hall–Kier alpha value is 0.350. The van der Waals surface area contributed by atoms with E-state index < -0.39 is 0 Å². The zero-order valence-electron chi connectivity index (χ0n) is 19.5. The molecule has 0 heterocycles. The topological polar surface area (TPSA) is 0 Å². The first kappa shape index (κ1) is 25.4. The van der Waals surface area contributed by atoms with Crippen LogP contribution in [-0.2, 0) is 0 Å². The summed E-state index contributed by atoms with van der Waals surface area (Å²) < 4.78 is 0.879. The lowest BCUT2D eigenvalue weighted by atomic mass is 9.74. The second-order valence-electron chi connectivity index (χ2n) is 9.27. The largest absolute Gasteiger partial charge is 0.148 e. The summed E-state index contributed by atoms with van der Waals surface area (Å²) in [7, 11) is 0. The molecular weight excluding hydrogens is 320 g/mol. The highest BCUT2D eigenvalue weighted by Crippen LogP contribution is 2.55. The van der Waals surface area contributed by atoms with E-state index in [0.29, 0.717) is 20.3 Å². The van der Waals surface area contributed by atoms with Gasteiger partial charge in [-0.15, -0.1) is 11.8 Å². The third-order valence-corrected chi connectivity index (χ3v) is 10.2. The van der Waals surface area contributed by atoms with Crippen LogP contribution in [0.3, 0.4) is 0 Å². The van der Waals surface area contributed by atoms with Gasteiger partial charge in [-0.2, -0.15) is 0 Å². The van der Waals surface area contributed by atoms with Crippen molar-refractivity contribution in [3.8, 4) is 0 Å². The van der Waals surface area contributed by atoms with Gasteiger partial charge in [0, 0.05) is 9.49 Å². The summed E-state index contributed by atoms with van der Waals surface area (Å²) in [6, 6.07) is 0. The molecule has 0 rings (SSSR count). The second-order valence-corrected chi connectivity index (χ2v) is 11.2. The molecule has 0 aliphatic rings. The van der Waals surface area contributed by atoms with Crippen LogP contribution in [0, 0.1) is 10.8 Å². The van der Waals surface area contributed by atoms with Gasteiger partial charge in [0.25, 0.3) is 0 Å². The number of thioether (sulfide) groups is 1. The maximum Gasteiger partial charge on any atom is 0.0165 e. The summed E-state index contributed by atoms with van der Waals surface area (Å²) in [6.07, 6.45) is 13.2. The van der Waals surface area contributed by atoms with Crippen LogP contribution in [0.1, 0.15) is 133 Å². The molecule has 0 bridgehead atoms. The van der Waals surface area contributed by atoms with E-state index in [1.54, 1.807) is 0 Å². The molecule has 0 aromatic rings. The van der Waals surface area contributed by atoms with Crippen molar-refractivity contribution in [1.82, 2.24) is 0 Å². The van der Waals surface area contributed by atoms with Gasteiger partial charge in [-0.3, -0.25) is 0 Å². The molecule has 0 amide bonds. The van der Waals surface area contributed by atoms with Crippen LogP contribution in [0.5, 0.6) is 0 Å². The quantitative estimate of drug-likeness (QED) is 0.293. The van der Waals surface area contributed by atoms with Gasteiger partial charge in [0.15, 0.2) is 0 Å². The third-order valence-electron chi connectivity index (χ3n) is 7.92. The Balaban J connectivity index is 5.72. The van der Waals surface area contributed by atoms with Crippen LogP contribution in [0.15, 0.2) is 0 Å². The molecule has 0 aromatic carbocycles. The van der Waals surface area contributed by atoms with Crippen LogP contribution in [0.2, 0.25) is 0 Å². The summed E-state index contributed by atoms with van der Waals surface area (Å²) in [5.41, 5.74) is 0.982. The van der Waals surface area contributed by atoms with Crippen molar-refractivity contribution in [2.24, 2.45) is 10.8 Å². The first-order chi connectivity index (χ1) is 11.6. The average Bonchev–Trinajstić information content (AvgIpc) is 2.66. The minimum absolute atomic E-state index is 0.440. The van der Waals surface area contributed by atoms with Crippen LogP contribution < -0.4 is 0 Å². The molecule has 152 valence electrons. The van der Waals surface area contributed by atoms with Gasteiger partial charge in [-0.1, -0.05) is 94.9 Å². The minimum Gasteiger partial charge on any atom is -0.148 e. The standard InChI is InChI=1S/C24H50S/c1-11-21(9,12-2)19-23(15-5,16-6)25-24(17-7,18-8)20-22(10,13-3)14-4/h11-20H2,1-10H3. The highest BCUT2D eigenvalue weighted by atomic mass is 32.2. The third kappa shape index (κ3) is 6.78. The normalized spacial score (nSPS) is 14.2. The van der Waals surface area contributed by atoms with Crippen molar-refractivity contribution in [3.63, 3.8) is 0 Å². The zero-order valence-corrected chi connectivity index (χ0v) is 20.3. The van der Waals surface area contributed by atoms with Gasteiger partial charge < -0.3 is 0 Å². The van der Waals surface area contributed by atoms with Gasteiger partial charge in [0.1, 0.15) is 0 Å². The Kier molecular flexibility index (Phi) is 10.8. The Morgan fingerprint density at radius 2 is 0.680 bits per heavy atom. The van der Waals surface area contributed by atoms with Gasteiger partial charge in [-0.25, -0.2) is 0 Å². The average molecular weight is 371 g/mol. The van der Waals surface area contributed by atoms with Gasteiger partial charge in [0.2, 0.25) is 0 Å². The smallest absolute Gasteiger partial charge is 0.0165 e. The monoisotopic (exact) mass is 370 g/mol. The van der Waals surface area contributed by atoms with Crippen molar-refractivity contribution in [2.45, 2.75) is 143 Å². The molecule has 0 saturated heterocycles. The van der Waals surface area contributed by atoms with Crippen LogP contribution in [0.4, 0.5) is 0 Å². The Morgan fingerprint density at radius 1 is 0.440 bits per heavy atom. The fraction of sp³-hybridized carbons (Fsp3) is 1.00. The van der Waals surface area contributed by atoms with Gasteiger partial charge >= 0.3 is 0 Å². The summed E-state index contributed by atoms with van der Waals surface area (Å²) in [4.78, 5) is 0. The van der Waals surface area contributed by atoms with Crippen LogP contribution in [0.25, 0.3) is 0 Å². The minimum atomic E-state index is 0.440. The number of hydrogen-bond donors (Lipinski definition) is 0. The highest BCUT2D eigenvalue weighted by Gasteiger charge is 2.43. The molecule has 0 radical (unpaired) electrons. The fourth-order valence-corrected chi connectivity index (χ4v) is 6.71. The van der Waals surface area contributed by atoms with Crippen molar-refractivity contribution in [1.29, 1.82) is 0 Å². The molecule has 0 unspecified atom stereocenters. The second kappa shape index (κ2) is 10.6. The zero-order chi connectivity index (χ0) is 19.8. The van der Waals surface area contributed by atoms with E-state index in [2.05, 4.69) is 81.0 Å². The summed E-state index contributed by atoms with van der Waals surface area (Å²) in [5, 5.41) is 0. The molecule has 0 atom stereocenters. The predicted molar refractivity (Wildman–Crippen MR) is 121 cm³/mol. The van der Waals surface area contributed by atoms with Gasteiger partial charge in [-0.05, 0) is 49.4 Å². The molecule has 0 N–H and O–H groups in total. The number of hydrogen-bond acceptors (Lipinski definition) is 1. The van der Waals surface area contributed by atoms with E-state index in [1.807, 2.05) is 0 Å². The highest BCUT2D eigenvalue weighted by molar-refractivity contribution is 8.02. The first-order valence-corrected chi connectivity index (χ1v) is 12.1. The SMILES string of the molecule is CCC(C)(CC)CC(CC)(CC)SC(CC)(CC)CC(C)(CC)CC. The van der Waals surface area contributed by atoms with Crippen molar-refractivity contribution < 1.29 is 0 Å². The molecule has 0 aliphatic carbocycles. The Labute approximate surface area is 165 Å². The molecule has 1 heteroatoms. The molecule has 0 spiro atoms. The predicted octanol–water partition coefficient (Wildman–Crippen LogP) is 9.27. The van der Waals surface area contributed by atoms with Crippen LogP contribution in [-0.4, -0.2) is 9.49 Å². The molecule has 0 aromatic heterocycles. The van der Waals surface area contributed by atoms with E-state index in [4.69, 9.17) is 0 Å². The van der Waals surface area contributed by atoms with Gasteiger partial charge in [0.05, 0.1) is 0 Å². The first-order valence-electron chi connectivity index (χ1n) is 11.3. The maximum atomic E-state index is 2.52. The maximum absolute atomic E-state index is 2.52. The molecule has 0 aliphatic heterocycles. The van der Waals surface area contributed by atoms with E-state index in [1.165, 1.54) is 64.2 Å². The number of rotatable bonds is 14. The lowest BCUT2D eigenvalue weighted by Gasteiger charge is -2.49. The lowest BCUT2D eigenvalue weighted by molar-refractivity contribution is 0.217. The van der Waals surface area contributed by atoms with Crippen molar-refractivity contribution in [3.05, 3.63) is 0 Å². The van der Waals surface area contributed by atoms with Crippen molar-refractivity contribution >= 4 is 11.8 Å². The molecule has 0 fully saturated rings. The lowest BCUT2D eigenvalue weighted by Crippen LogP contribution is -2.40. The molecule has 0 saturated carbocycles. The van der Waals surface area contributed by atoms with E-state index in [9.17, 15) is 0 Å². The molecular formula is C24H50S. The van der Waals surface area contributed by atoms with E-state index in [-0.39, 0.29) is 0 Å². The van der Waals surface area contributed by atoms with Crippen molar-refractivity contribution in [2.75, 3.05) is 0 Å². The summed E-state index contributed by atoms with van der Waals surface area (Å²) >= 11 is 2.40. The Bertz CT molecular complexity index is 307. The summed E-state index contributed by atoms with van der Waals surface area (Å²) in [5.74, 6) is 0. The molecule has 0 nitrogen and oxygen atoms in total. The van der Waals surface area contributed by atoms with Crippen LogP contribution >= 0.6 is 11.8 Å². The molecule has 25 heavy (non-hydrogen) atoms. The van der Waals surface area contributed by atoms with E-state index >= 15 is 0 Å². The van der Waals surface area contributed by atoms with E-state index in [0.717, 1.165) is 0 Å². The fourth-order valence-electron chi connectivity index (χ4n) is 4.38. The Morgan fingerprint density at radius 3 is 0.840 bits per heavy atom. The summed E-state index contributed by atoms with van der Waals surface area (Å²) in [6.45, 7) is 24.4.